The van der Waals surface area contributed by atoms with E-state index in [2.05, 4.69) is 61.8 Å². The lowest BCUT2D eigenvalue weighted by molar-refractivity contribution is 0.130. The number of nitrogens with one attached hydrogen (secondary N) is 1. The van der Waals surface area contributed by atoms with Gasteiger partial charge in [0.05, 0.1) is 0 Å². The number of fused-ring (bicyclic) bond motifs is 1. The van der Waals surface area contributed by atoms with Gasteiger partial charge in [0.25, 0.3) is 0 Å². The molecule has 2 rings (SSSR count). The molecule has 0 fully saturated rings. The van der Waals surface area contributed by atoms with Crippen LogP contribution < -0.4 is 5.32 Å². The van der Waals surface area contributed by atoms with Crippen molar-refractivity contribution in [1.82, 2.24) is 4.90 Å². The summed E-state index contributed by atoms with van der Waals surface area (Å²) in [4.78, 5) is 2.51. The standard InChI is InChI=1S/C17H26N2/c1-5-10-19(17(2,3)4)13-14-11-15-8-6-7-9-16(15)18-12-14/h5-9,14,18H,1,10-13H2,2-4H3. The number of benzene rings is 1. The van der Waals surface area contributed by atoms with Crippen molar-refractivity contribution < 1.29 is 0 Å². The Morgan fingerprint density at radius 1 is 1.37 bits per heavy atom. The van der Waals surface area contributed by atoms with Gasteiger partial charge in [0.15, 0.2) is 0 Å². The Hall–Kier alpha value is -1.28. The summed E-state index contributed by atoms with van der Waals surface area (Å²) >= 11 is 0. The molecule has 2 heteroatoms. The van der Waals surface area contributed by atoms with E-state index in [4.69, 9.17) is 0 Å². The van der Waals surface area contributed by atoms with E-state index < -0.39 is 0 Å². The summed E-state index contributed by atoms with van der Waals surface area (Å²) in [5, 5.41) is 3.56. The Kier molecular flexibility index (Phi) is 4.31. The molecule has 1 atom stereocenters. The molecule has 1 N–H and O–H groups in total. The predicted molar refractivity (Wildman–Crippen MR) is 83.6 cm³/mol. The van der Waals surface area contributed by atoms with Crippen LogP contribution in [0.4, 0.5) is 5.69 Å². The van der Waals surface area contributed by atoms with Crippen LogP contribution in [0.5, 0.6) is 0 Å². The smallest absolute Gasteiger partial charge is 0.0372 e. The van der Waals surface area contributed by atoms with E-state index in [0.717, 1.165) is 19.6 Å². The maximum Gasteiger partial charge on any atom is 0.0372 e. The van der Waals surface area contributed by atoms with Crippen molar-refractivity contribution in [3.05, 3.63) is 42.5 Å². The fraction of sp³-hybridized carbons (Fsp3) is 0.529. The molecule has 2 nitrogen and oxygen atoms in total. The highest BCUT2D eigenvalue weighted by Crippen LogP contribution is 2.26. The summed E-state index contributed by atoms with van der Waals surface area (Å²) in [6.45, 7) is 13.9. The zero-order chi connectivity index (χ0) is 13.9. The molecule has 0 saturated carbocycles. The van der Waals surface area contributed by atoms with Crippen molar-refractivity contribution >= 4 is 5.69 Å². The summed E-state index contributed by atoms with van der Waals surface area (Å²) in [6.07, 6.45) is 3.18. The molecule has 1 aliphatic heterocycles. The van der Waals surface area contributed by atoms with Crippen molar-refractivity contribution in [2.75, 3.05) is 25.0 Å². The molecule has 0 aliphatic carbocycles. The average molecular weight is 258 g/mol. The third-order valence-electron chi connectivity index (χ3n) is 3.88. The number of hydrogen-bond acceptors (Lipinski definition) is 2. The van der Waals surface area contributed by atoms with E-state index in [1.807, 2.05) is 6.08 Å². The van der Waals surface area contributed by atoms with Gasteiger partial charge in [0.1, 0.15) is 0 Å². The minimum absolute atomic E-state index is 0.200. The van der Waals surface area contributed by atoms with Gasteiger partial charge in [-0.25, -0.2) is 0 Å². The zero-order valence-electron chi connectivity index (χ0n) is 12.4. The molecule has 1 aromatic carbocycles. The molecule has 104 valence electrons. The number of rotatable bonds is 4. The van der Waals surface area contributed by atoms with E-state index in [1.165, 1.54) is 17.7 Å². The fourth-order valence-corrected chi connectivity index (χ4v) is 2.73. The van der Waals surface area contributed by atoms with Crippen molar-refractivity contribution in [1.29, 1.82) is 0 Å². The van der Waals surface area contributed by atoms with Crippen molar-refractivity contribution in [2.45, 2.75) is 32.7 Å². The molecule has 19 heavy (non-hydrogen) atoms. The monoisotopic (exact) mass is 258 g/mol. The third-order valence-corrected chi connectivity index (χ3v) is 3.88. The molecule has 0 bridgehead atoms. The van der Waals surface area contributed by atoms with Crippen LogP contribution in [0.2, 0.25) is 0 Å². The molecule has 0 saturated heterocycles. The maximum atomic E-state index is 3.89. The van der Waals surface area contributed by atoms with Crippen LogP contribution in [0.15, 0.2) is 36.9 Å². The van der Waals surface area contributed by atoms with Crippen LogP contribution in [-0.4, -0.2) is 30.1 Å². The van der Waals surface area contributed by atoms with Gasteiger partial charge in [0, 0.05) is 30.9 Å². The molecular formula is C17H26N2. The van der Waals surface area contributed by atoms with Gasteiger partial charge in [-0.2, -0.15) is 0 Å². The van der Waals surface area contributed by atoms with Crippen LogP contribution in [0.1, 0.15) is 26.3 Å². The van der Waals surface area contributed by atoms with E-state index >= 15 is 0 Å². The third kappa shape index (κ3) is 3.60. The van der Waals surface area contributed by atoms with Crippen molar-refractivity contribution in [3.63, 3.8) is 0 Å². The highest BCUT2D eigenvalue weighted by atomic mass is 15.2. The highest BCUT2D eigenvalue weighted by molar-refractivity contribution is 5.53. The van der Waals surface area contributed by atoms with Crippen LogP contribution in [-0.2, 0) is 6.42 Å². The van der Waals surface area contributed by atoms with Gasteiger partial charge in [-0.3, -0.25) is 4.90 Å². The minimum atomic E-state index is 0.200. The SMILES string of the molecule is C=CCN(CC1CNc2ccccc2C1)C(C)(C)C. The first kappa shape index (κ1) is 14.1. The molecular weight excluding hydrogens is 232 g/mol. The van der Waals surface area contributed by atoms with Crippen LogP contribution in [0, 0.1) is 5.92 Å². The Bertz CT molecular complexity index is 431. The molecule has 0 spiro atoms. The van der Waals surface area contributed by atoms with Crippen molar-refractivity contribution in [2.24, 2.45) is 5.92 Å². The first-order valence-electron chi connectivity index (χ1n) is 7.18. The first-order valence-corrected chi connectivity index (χ1v) is 7.18. The largest absolute Gasteiger partial charge is 0.384 e. The van der Waals surface area contributed by atoms with Gasteiger partial charge in [-0.15, -0.1) is 6.58 Å². The van der Waals surface area contributed by atoms with Gasteiger partial charge in [-0.05, 0) is 44.7 Å². The lowest BCUT2D eigenvalue weighted by Gasteiger charge is -2.39. The van der Waals surface area contributed by atoms with Gasteiger partial charge < -0.3 is 5.32 Å². The summed E-state index contributed by atoms with van der Waals surface area (Å²) in [7, 11) is 0. The second-order valence-corrected chi connectivity index (χ2v) is 6.47. The van der Waals surface area contributed by atoms with Gasteiger partial charge in [-0.1, -0.05) is 24.3 Å². The second kappa shape index (κ2) is 5.79. The molecule has 0 amide bonds. The number of anilines is 1. The minimum Gasteiger partial charge on any atom is -0.384 e. The Morgan fingerprint density at radius 2 is 2.11 bits per heavy atom. The number of hydrogen-bond donors (Lipinski definition) is 1. The van der Waals surface area contributed by atoms with E-state index in [-0.39, 0.29) is 5.54 Å². The summed E-state index contributed by atoms with van der Waals surface area (Å²) < 4.78 is 0. The van der Waals surface area contributed by atoms with Crippen LogP contribution >= 0.6 is 0 Å². The number of nitrogens with zero attached hydrogens (tertiary/aromatic N) is 1. The molecule has 1 unspecified atom stereocenters. The number of para-hydroxylation sites is 1. The fourth-order valence-electron chi connectivity index (χ4n) is 2.73. The normalized spacial score (nSPS) is 18.8. The molecule has 0 aromatic heterocycles. The quantitative estimate of drug-likeness (QED) is 0.831. The summed E-state index contributed by atoms with van der Waals surface area (Å²) in [6, 6.07) is 8.65. The molecule has 0 radical (unpaired) electrons. The van der Waals surface area contributed by atoms with E-state index in [1.54, 1.807) is 0 Å². The molecule has 1 heterocycles. The average Bonchev–Trinajstić information content (AvgIpc) is 2.37. The molecule has 1 aromatic rings. The Labute approximate surface area is 117 Å². The van der Waals surface area contributed by atoms with Crippen LogP contribution in [0.25, 0.3) is 0 Å². The molecule has 1 aliphatic rings. The van der Waals surface area contributed by atoms with E-state index in [9.17, 15) is 0 Å². The van der Waals surface area contributed by atoms with E-state index in [0.29, 0.717) is 5.92 Å². The summed E-state index contributed by atoms with van der Waals surface area (Å²) in [5.41, 5.74) is 2.96. The van der Waals surface area contributed by atoms with Crippen molar-refractivity contribution in [3.8, 4) is 0 Å². The topological polar surface area (TPSA) is 15.3 Å². The lowest BCUT2D eigenvalue weighted by atomic mass is 9.92. The van der Waals surface area contributed by atoms with Crippen LogP contribution in [0.3, 0.4) is 0 Å². The maximum absolute atomic E-state index is 3.89. The Morgan fingerprint density at radius 3 is 2.79 bits per heavy atom. The predicted octanol–water partition coefficient (Wildman–Crippen LogP) is 3.56. The Balaban J connectivity index is 2.02. The van der Waals surface area contributed by atoms with Gasteiger partial charge >= 0.3 is 0 Å². The zero-order valence-corrected chi connectivity index (χ0v) is 12.4. The summed E-state index contributed by atoms with van der Waals surface area (Å²) in [5.74, 6) is 0.675. The lowest BCUT2D eigenvalue weighted by Crippen LogP contribution is -2.46. The first-order chi connectivity index (χ1) is 9.00. The highest BCUT2D eigenvalue weighted by Gasteiger charge is 2.25. The second-order valence-electron chi connectivity index (χ2n) is 6.47. The van der Waals surface area contributed by atoms with Gasteiger partial charge in [0.2, 0.25) is 0 Å².